The number of aromatic nitrogens is 1. The fourth-order valence-electron chi connectivity index (χ4n) is 4.06. The number of fused-ring (bicyclic) bond motifs is 4. The van der Waals surface area contributed by atoms with E-state index in [0.717, 1.165) is 16.6 Å². The van der Waals surface area contributed by atoms with E-state index in [1.807, 2.05) is 23.6 Å². The van der Waals surface area contributed by atoms with Crippen molar-refractivity contribution in [2.24, 2.45) is 0 Å². The first kappa shape index (κ1) is 17.2. The van der Waals surface area contributed by atoms with Crippen LogP contribution in [0.25, 0.3) is 31.1 Å². The number of thiophene rings is 1. The Labute approximate surface area is 169 Å². The minimum absolute atomic E-state index is 0.108. The lowest BCUT2D eigenvalue weighted by molar-refractivity contribution is 0.562. The lowest BCUT2D eigenvalue weighted by Gasteiger charge is -2.38. The summed E-state index contributed by atoms with van der Waals surface area (Å²) < 4.78 is 2.65. The van der Waals surface area contributed by atoms with Crippen LogP contribution in [0.4, 0.5) is 11.4 Å². The lowest BCUT2D eigenvalue weighted by Crippen LogP contribution is -2.37. The number of rotatable bonds is 2. The zero-order valence-corrected chi connectivity index (χ0v) is 17.1. The van der Waals surface area contributed by atoms with Crippen molar-refractivity contribution in [1.82, 2.24) is 4.98 Å². The Bertz CT molecular complexity index is 1310. The molecule has 5 aromatic rings. The largest absolute Gasteiger partial charge is 0.334 e. The molecular weight excluding hydrogens is 360 g/mol. The van der Waals surface area contributed by atoms with Crippen LogP contribution in [-0.4, -0.2) is 10.5 Å². The van der Waals surface area contributed by atoms with Crippen LogP contribution in [0.15, 0.2) is 79.0 Å². The SMILES string of the molecule is CC(C)(C)N(c1cccc2cccnc12)c1cccc2sc3ccccc3c12. The van der Waals surface area contributed by atoms with Gasteiger partial charge < -0.3 is 4.90 Å². The van der Waals surface area contributed by atoms with Gasteiger partial charge in [0, 0.05) is 37.3 Å². The van der Waals surface area contributed by atoms with Gasteiger partial charge in [-0.3, -0.25) is 4.98 Å². The number of para-hydroxylation sites is 1. The normalized spacial score (nSPS) is 12.1. The van der Waals surface area contributed by atoms with Gasteiger partial charge in [-0.05, 0) is 51.1 Å². The molecule has 2 heterocycles. The highest BCUT2D eigenvalue weighted by molar-refractivity contribution is 7.25. The molecular formula is C25H22N2S. The maximum atomic E-state index is 4.73. The number of hydrogen-bond acceptors (Lipinski definition) is 3. The Kier molecular flexibility index (Phi) is 3.88. The van der Waals surface area contributed by atoms with Crippen molar-refractivity contribution in [2.75, 3.05) is 4.90 Å². The molecule has 3 aromatic carbocycles. The zero-order chi connectivity index (χ0) is 19.3. The summed E-state index contributed by atoms with van der Waals surface area (Å²) in [5.41, 5.74) is 3.31. The summed E-state index contributed by atoms with van der Waals surface area (Å²) >= 11 is 1.86. The first-order chi connectivity index (χ1) is 13.5. The molecule has 0 fully saturated rings. The molecule has 0 saturated heterocycles. The summed E-state index contributed by atoms with van der Waals surface area (Å²) in [4.78, 5) is 7.18. The van der Waals surface area contributed by atoms with E-state index in [1.165, 1.54) is 25.9 Å². The summed E-state index contributed by atoms with van der Waals surface area (Å²) in [6.07, 6.45) is 1.88. The van der Waals surface area contributed by atoms with Crippen LogP contribution in [0.5, 0.6) is 0 Å². The molecule has 28 heavy (non-hydrogen) atoms. The van der Waals surface area contributed by atoms with Gasteiger partial charge >= 0.3 is 0 Å². The lowest BCUT2D eigenvalue weighted by atomic mass is 9.99. The van der Waals surface area contributed by atoms with Gasteiger partial charge in [0.2, 0.25) is 0 Å². The number of pyridine rings is 1. The molecule has 2 aromatic heterocycles. The summed E-state index contributed by atoms with van der Waals surface area (Å²) in [5, 5.41) is 3.81. The van der Waals surface area contributed by atoms with E-state index < -0.39 is 0 Å². The predicted octanol–water partition coefficient (Wildman–Crippen LogP) is 7.54. The van der Waals surface area contributed by atoms with Crippen LogP contribution < -0.4 is 4.90 Å². The Balaban J connectivity index is 1.88. The summed E-state index contributed by atoms with van der Waals surface area (Å²) in [6, 6.07) is 25.9. The van der Waals surface area contributed by atoms with Crippen molar-refractivity contribution in [1.29, 1.82) is 0 Å². The third kappa shape index (κ3) is 2.66. The Morgan fingerprint density at radius 3 is 2.32 bits per heavy atom. The highest BCUT2D eigenvalue weighted by atomic mass is 32.1. The van der Waals surface area contributed by atoms with Crippen LogP contribution in [-0.2, 0) is 0 Å². The minimum Gasteiger partial charge on any atom is -0.334 e. The van der Waals surface area contributed by atoms with Gasteiger partial charge in [0.05, 0.1) is 16.9 Å². The van der Waals surface area contributed by atoms with E-state index in [1.54, 1.807) is 0 Å². The molecule has 138 valence electrons. The Hall–Kier alpha value is -2.91. The third-order valence-electron chi connectivity index (χ3n) is 5.14. The van der Waals surface area contributed by atoms with E-state index in [4.69, 9.17) is 4.98 Å². The van der Waals surface area contributed by atoms with Crippen LogP contribution >= 0.6 is 11.3 Å². The van der Waals surface area contributed by atoms with Crippen molar-refractivity contribution in [3.63, 3.8) is 0 Å². The number of nitrogens with zero attached hydrogens (tertiary/aromatic N) is 2. The first-order valence-corrected chi connectivity index (χ1v) is 10.4. The number of hydrogen-bond donors (Lipinski definition) is 0. The molecule has 0 atom stereocenters. The van der Waals surface area contributed by atoms with Crippen molar-refractivity contribution in [3.05, 3.63) is 79.0 Å². The van der Waals surface area contributed by atoms with Crippen molar-refractivity contribution in [3.8, 4) is 0 Å². The molecule has 0 N–H and O–H groups in total. The van der Waals surface area contributed by atoms with Crippen LogP contribution in [0.2, 0.25) is 0 Å². The average Bonchev–Trinajstić information content (AvgIpc) is 3.07. The van der Waals surface area contributed by atoms with Crippen LogP contribution in [0.3, 0.4) is 0 Å². The minimum atomic E-state index is -0.108. The van der Waals surface area contributed by atoms with Crippen molar-refractivity contribution >= 4 is 53.8 Å². The second kappa shape index (κ2) is 6.32. The number of benzene rings is 3. The molecule has 3 heteroatoms. The molecule has 2 nitrogen and oxygen atoms in total. The van der Waals surface area contributed by atoms with Gasteiger partial charge in [-0.25, -0.2) is 0 Å². The van der Waals surface area contributed by atoms with E-state index in [0.29, 0.717) is 0 Å². The van der Waals surface area contributed by atoms with Crippen LogP contribution in [0, 0.1) is 0 Å². The molecule has 0 bridgehead atoms. The second-order valence-electron chi connectivity index (χ2n) is 8.11. The maximum absolute atomic E-state index is 4.73. The maximum Gasteiger partial charge on any atom is 0.0938 e. The molecule has 0 unspecified atom stereocenters. The summed E-state index contributed by atoms with van der Waals surface area (Å²) in [7, 11) is 0. The molecule has 0 aliphatic heterocycles. The summed E-state index contributed by atoms with van der Waals surface area (Å²) in [6.45, 7) is 6.80. The highest BCUT2D eigenvalue weighted by Crippen LogP contribution is 2.45. The molecule has 0 aliphatic carbocycles. The van der Waals surface area contributed by atoms with E-state index in [9.17, 15) is 0 Å². The quantitative estimate of drug-likeness (QED) is 0.313. The van der Waals surface area contributed by atoms with Crippen molar-refractivity contribution in [2.45, 2.75) is 26.3 Å². The van der Waals surface area contributed by atoms with Gasteiger partial charge in [0.1, 0.15) is 0 Å². The van der Waals surface area contributed by atoms with Gasteiger partial charge in [-0.1, -0.05) is 42.5 Å². The second-order valence-corrected chi connectivity index (χ2v) is 9.19. The fourth-order valence-corrected chi connectivity index (χ4v) is 5.19. The van der Waals surface area contributed by atoms with Gasteiger partial charge in [0.25, 0.3) is 0 Å². The van der Waals surface area contributed by atoms with Gasteiger partial charge in [-0.15, -0.1) is 11.3 Å². The van der Waals surface area contributed by atoms with Gasteiger partial charge in [0.15, 0.2) is 0 Å². The molecule has 0 radical (unpaired) electrons. The first-order valence-electron chi connectivity index (χ1n) is 9.58. The van der Waals surface area contributed by atoms with Crippen LogP contribution in [0.1, 0.15) is 20.8 Å². The third-order valence-corrected chi connectivity index (χ3v) is 6.28. The molecule has 5 rings (SSSR count). The zero-order valence-electron chi connectivity index (χ0n) is 16.3. The van der Waals surface area contributed by atoms with Gasteiger partial charge in [-0.2, -0.15) is 0 Å². The monoisotopic (exact) mass is 382 g/mol. The molecule has 0 aliphatic rings. The Morgan fingerprint density at radius 1 is 0.750 bits per heavy atom. The topological polar surface area (TPSA) is 16.1 Å². The average molecular weight is 383 g/mol. The molecule has 0 amide bonds. The fraction of sp³-hybridized carbons (Fsp3) is 0.160. The smallest absolute Gasteiger partial charge is 0.0938 e. The molecule has 0 saturated carbocycles. The van der Waals surface area contributed by atoms with E-state index in [2.05, 4.69) is 92.4 Å². The van der Waals surface area contributed by atoms with E-state index >= 15 is 0 Å². The van der Waals surface area contributed by atoms with Crippen molar-refractivity contribution < 1.29 is 0 Å². The molecule has 0 spiro atoms. The standard InChI is InChI=1S/C25H22N2S/c1-25(2,3)27(20-13-6-9-17-10-8-16-26-24(17)20)19-12-7-15-22-23(19)18-11-4-5-14-21(18)28-22/h4-16H,1-3H3. The summed E-state index contributed by atoms with van der Waals surface area (Å²) in [5.74, 6) is 0. The number of anilines is 2. The predicted molar refractivity (Wildman–Crippen MR) is 123 cm³/mol. The Morgan fingerprint density at radius 2 is 1.46 bits per heavy atom. The van der Waals surface area contributed by atoms with E-state index in [-0.39, 0.29) is 5.54 Å². The highest BCUT2D eigenvalue weighted by Gasteiger charge is 2.27.